The van der Waals surface area contributed by atoms with Gasteiger partial charge in [-0.3, -0.25) is 9.59 Å². The van der Waals surface area contributed by atoms with Gasteiger partial charge in [0.05, 0.1) is 17.7 Å². The molecule has 0 aromatic heterocycles. The molecule has 1 fully saturated rings. The van der Waals surface area contributed by atoms with Gasteiger partial charge in [0.1, 0.15) is 0 Å². The van der Waals surface area contributed by atoms with Crippen molar-refractivity contribution < 1.29 is 9.59 Å². The number of hydrogen-bond donors (Lipinski definition) is 2. The minimum atomic E-state index is -0.0323. The molecule has 1 saturated heterocycles. The van der Waals surface area contributed by atoms with Gasteiger partial charge in [-0.1, -0.05) is 26.0 Å². The number of piperidine rings is 1. The van der Waals surface area contributed by atoms with E-state index in [-0.39, 0.29) is 11.8 Å². The number of nitrogens with zero attached hydrogens (tertiary/aromatic N) is 1. The summed E-state index contributed by atoms with van der Waals surface area (Å²) in [5.74, 6) is -0.00265. The predicted octanol–water partition coefficient (Wildman–Crippen LogP) is 1.78. The van der Waals surface area contributed by atoms with Gasteiger partial charge in [0, 0.05) is 25.2 Å². The first-order chi connectivity index (χ1) is 10.5. The molecule has 2 aliphatic heterocycles. The number of hydrogen-bond acceptors (Lipinski definition) is 3. The van der Waals surface area contributed by atoms with E-state index in [1.54, 1.807) is 0 Å². The number of anilines is 1. The average Bonchev–Trinajstić information content (AvgIpc) is 2.86. The summed E-state index contributed by atoms with van der Waals surface area (Å²) in [6.07, 6.45) is 2.33. The Balaban J connectivity index is 1.69. The molecule has 1 aromatic carbocycles. The van der Waals surface area contributed by atoms with Crippen LogP contribution >= 0.6 is 0 Å². The monoisotopic (exact) mass is 301 g/mol. The molecule has 2 N–H and O–H groups in total. The molecule has 5 heteroatoms. The molecule has 5 nitrogen and oxygen atoms in total. The maximum atomic E-state index is 12.7. The number of carbonyl (C=O) groups excluding carboxylic acids is 2. The molecule has 22 heavy (non-hydrogen) atoms. The number of benzene rings is 1. The lowest BCUT2D eigenvalue weighted by Gasteiger charge is -2.33. The molecular formula is C17H23N3O2. The predicted molar refractivity (Wildman–Crippen MR) is 86.0 cm³/mol. The number of carbonyl (C=O) groups is 2. The highest BCUT2D eigenvalue weighted by Gasteiger charge is 2.28. The van der Waals surface area contributed by atoms with Gasteiger partial charge in [0.25, 0.3) is 5.91 Å². The van der Waals surface area contributed by atoms with Crippen LogP contribution < -0.4 is 10.6 Å². The number of likely N-dealkylation sites (tertiary alicyclic amines) is 1. The summed E-state index contributed by atoms with van der Waals surface area (Å²) in [5.41, 5.74) is 2.26. The Morgan fingerprint density at radius 2 is 2.05 bits per heavy atom. The summed E-state index contributed by atoms with van der Waals surface area (Å²) in [7, 11) is 0. The highest BCUT2D eigenvalue weighted by molar-refractivity contribution is 6.08. The molecule has 2 amide bonds. The van der Waals surface area contributed by atoms with Gasteiger partial charge >= 0.3 is 0 Å². The first-order valence-corrected chi connectivity index (χ1v) is 8.01. The molecule has 118 valence electrons. The van der Waals surface area contributed by atoms with E-state index >= 15 is 0 Å². The lowest BCUT2D eigenvalue weighted by atomic mass is 10.0. The van der Waals surface area contributed by atoms with Crippen LogP contribution in [-0.2, 0) is 11.2 Å². The van der Waals surface area contributed by atoms with Gasteiger partial charge < -0.3 is 15.5 Å². The number of nitrogens with one attached hydrogen (secondary N) is 2. The smallest absolute Gasteiger partial charge is 0.255 e. The van der Waals surface area contributed by atoms with Crippen molar-refractivity contribution >= 4 is 17.5 Å². The number of amides is 2. The van der Waals surface area contributed by atoms with Crippen LogP contribution in [0.25, 0.3) is 0 Å². The highest BCUT2D eigenvalue weighted by Crippen LogP contribution is 2.28. The summed E-state index contributed by atoms with van der Waals surface area (Å²) >= 11 is 0. The van der Waals surface area contributed by atoms with Crippen molar-refractivity contribution in [1.82, 2.24) is 10.2 Å². The zero-order valence-corrected chi connectivity index (χ0v) is 13.2. The third-order valence-corrected chi connectivity index (χ3v) is 4.35. The van der Waals surface area contributed by atoms with Crippen LogP contribution in [0.2, 0.25) is 0 Å². The van der Waals surface area contributed by atoms with Crippen LogP contribution in [-0.4, -0.2) is 41.9 Å². The highest BCUT2D eigenvalue weighted by atomic mass is 16.2. The first-order valence-electron chi connectivity index (χ1n) is 8.01. The molecule has 2 aliphatic rings. The van der Waals surface area contributed by atoms with Crippen molar-refractivity contribution in [2.75, 3.05) is 18.4 Å². The fourth-order valence-electron chi connectivity index (χ4n) is 3.32. The number of fused-ring (bicyclic) bond motifs is 1. The average molecular weight is 301 g/mol. The zero-order valence-electron chi connectivity index (χ0n) is 13.2. The van der Waals surface area contributed by atoms with Crippen molar-refractivity contribution in [1.29, 1.82) is 0 Å². The fourth-order valence-corrected chi connectivity index (χ4v) is 3.32. The van der Waals surface area contributed by atoms with Gasteiger partial charge in [0.2, 0.25) is 5.91 Å². The summed E-state index contributed by atoms with van der Waals surface area (Å²) < 4.78 is 0. The summed E-state index contributed by atoms with van der Waals surface area (Å²) in [4.78, 5) is 26.2. The molecular weight excluding hydrogens is 278 g/mol. The van der Waals surface area contributed by atoms with Crippen LogP contribution in [0.15, 0.2) is 18.2 Å². The van der Waals surface area contributed by atoms with E-state index in [4.69, 9.17) is 0 Å². The van der Waals surface area contributed by atoms with Crippen molar-refractivity contribution in [2.45, 2.75) is 45.2 Å². The summed E-state index contributed by atoms with van der Waals surface area (Å²) in [6.45, 7) is 5.82. The molecule has 0 aliphatic carbocycles. The molecule has 0 bridgehead atoms. The van der Waals surface area contributed by atoms with E-state index in [9.17, 15) is 9.59 Å². The molecule has 0 atom stereocenters. The normalized spacial score (nSPS) is 18.5. The molecule has 0 saturated carbocycles. The van der Waals surface area contributed by atoms with Crippen molar-refractivity contribution in [3.05, 3.63) is 29.3 Å². The molecule has 1 aromatic rings. The van der Waals surface area contributed by atoms with Gasteiger partial charge in [-0.15, -0.1) is 0 Å². The van der Waals surface area contributed by atoms with E-state index in [1.807, 2.05) is 23.1 Å². The van der Waals surface area contributed by atoms with Crippen LogP contribution in [0.5, 0.6) is 0 Å². The Morgan fingerprint density at radius 1 is 1.32 bits per heavy atom. The summed E-state index contributed by atoms with van der Waals surface area (Å²) in [6, 6.07) is 6.54. The van der Waals surface area contributed by atoms with Crippen molar-refractivity contribution in [2.24, 2.45) is 0 Å². The minimum absolute atomic E-state index is 0.0297. The molecule has 0 unspecified atom stereocenters. The van der Waals surface area contributed by atoms with Crippen LogP contribution in [0, 0.1) is 0 Å². The molecule has 0 spiro atoms. The number of para-hydroxylation sites is 1. The van der Waals surface area contributed by atoms with Gasteiger partial charge in [-0.05, 0) is 24.5 Å². The maximum absolute atomic E-state index is 12.7. The SMILES string of the molecule is CC(C)NC1CCN(C(=O)c2cccc3c2NC(=O)C3)CC1. The van der Waals surface area contributed by atoms with E-state index < -0.39 is 0 Å². The van der Waals surface area contributed by atoms with Gasteiger partial charge in [-0.25, -0.2) is 0 Å². The topological polar surface area (TPSA) is 61.4 Å². The van der Waals surface area contributed by atoms with Crippen molar-refractivity contribution in [3.8, 4) is 0 Å². The maximum Gasteiger partial charge on any atom is 0.255 e. The Kier molecular flexibility index (Phi) is 4.16. The zero-order chi connectivity index (χ0) is 15.7. The van der Waals surface area contributed by atoms with E-state index in [1.165, 1.54) is 0 Å². The third-order valence-electron chi connectivity index (χ3n) is 4.35. The Hall–Kier alpha value is -1.88. The van der Waals surface area contributed by atoms with Crippen molar-refractivity contribution in [3.63, 3.8) is 0 Å². The minimum Gasteiger partial charge on any atom is -0.338 e. The van der Waals surface area contributed by atoms with E-state index in [0.29, 0.717) is 29.8 Å². The molecule has 3 rings (SSSR count). The molecule has 0 radical (unpaired) electrons. The second-order valence-electron chi connectivity index (χ2n) is 6.45. The van der Waals surface area contributed by atoms with Gasteiger partial charge in [-0.2, -0.15) is 0 Å². The van der Waals surface area contributed by atoms with E-state index in [2.05, 4.69) is 24.5 Å². The lowest BCUT2D eigenvalue weighted by Crippen LogP contribution is -2.46. The number of rotatable bonds is 3. The quantitative estimate of drug-likeness (QED) is 0.894. The Morgan fingerprint density at radius 3 is 2.73 bits per heavy atom. The van der Waals surface area contributed by atoms with Gasteiger partial charge in [0.15, 0.2) is 0 Å². The molecule has 2 heterocycles. The second-order valence-corrected chi connectivity index (χ2v) is 6.45. The second kappa shape index (κ2) is 6.08. The summed E-state index contributed by atoms with van der Waals surface area (Å²) in [5, 5.41) is 6.36. The van der Waals surface area contributed by atoms with Crippen LogP contribution in [0.1, 0.15) is 42.6 Å². The Bertz CT molecular complexity index is 590. The van der Waals surface area contributed by atoms with Crippen LogP contribution in [0.4, 0.5) is 5.69 Å². The first kappa shape index (κ1) is 15.0. The van der Waals surface area contributed by atoms with Crippen LogP contribution in [0.3, 0.4) is 0 Å². The Labute approximate surface area is 131 Å². The fraction of sp³-hybridized carbons (Fsp3) is 0.529. The lowest BCUT2D eigenvalue weighted by molar-refractivity contribution is -0.115. The third kappa shape index (κ3) is 2.99. The van der Waals surface area contributed by atoms with E-state index in [0.717, 1.165) is 31.5 Å². The largest absolute Gasteiger partial charge is 0.338 e. The standard InChI is InChI=1S/C17H23N3O2/c1-11(2)18-13-6-8-20(9-7-13)17(22)14-5-3-4-12-10-15(21)19-16(12)14/h3-5,11,13,18H,6-10H2,1-2H3,(H,19,21).